The second-order valence-electron chi connectivity index (χ2n) is 5.01. The summed E-state index contributed by atoms with van der Waals surface area (Å²) in [6.45, 7) is 4.07. The lowest BCUT2D eigenvalue weighted by atomic mass is 10.1. The molecule has 0 unspecified atom stereocenters. The van der Waals surface area contributed by atoms with E-state index >= 15 is 0 Å². The van der Waals surface area contributed by atoms with Crippen molar-refractivity contribution in [1.29, 1.82) is 0 Å². The zero-order valence-corrected chi connectivity index (χ0v) is 12.2. The minimum Gasteiger partial charge on any atom is -0.376 e. The van der Waals surface area contributed by atoms with E-state index in [1.54, 1.807) is 12.1 Å². The van der Waals surface area contributed by atoms with Gasteiger partial charge in [0, 0.05) is 5.69 Å². The van der Waals surface area contributed by atoms with Gasteiger partial charge in [-0.05, 0) is 43.2 Å². The molecule has 2 N–H and O–H groups in total. The molecule has 1 amide bonds. The van der Waals surface area contributed by atoms with E-state index in [-0.39, 0.29) is 24.3 Å². The summed E-state index contributed by atoms with van der Waals surface area (Å²) in [4.78, 5) is 11.9. The Labute approximate surface area is 124 Å². The fraction of sp³-hybridized carbons (Fsp3) is 0.235. The van der Waals surface area contributed by atoms with Gasteiger partial charge in [-0.2, -0.15) is 0 Å². The van der Waals surface area contributed by atoms with Crippen molar-refractivity contribution in [2.45, 2.75) is 19.9 Å². The molecule has 0 saturated heterocycles. The Hall–Kier alpha value is -2.36. The maximum Gasteiger partial charge on any atom is 0.239 e. The summed E-state index contributed by atoms with van der Waals surface area (Å²) >= 11 is 0. The van der Waals surface area contributed by atoms with Crippen molar-refractivity contribution < 1.29 is 9.18 Å². The Kier molecular flexibility index (Phi) is 4.93. The normalized spacial score (nSPS) is 11.8. The van der Waals surface area contributed by atoms with Gasteiger partial charge in [0.25, 0.3) is 0 Å². The van der Waals surface area contributed by atoms with E-state index in [2.05, 4.69) is 10.6 Å². The number of amides is 1. The maximum atomic E-state index is 12.9. The molecule has 0 heterocycles. The zero-order chi connectivity index (χ0) is 15.2. The molecule has 0 aliphatic heterocycles. The molecule has 0 radical (unpaired) electrons. The molecule has 3 nitrogen and oxygen atoms in total. The highest BCUT2D eigenvalue weighted by molar-refractivity contribution is 5.81. The minimum absolute atomic E-state index is 0.102. The minimum atomic E-state index is -0.279. The molecule has 1 atom stereocenters. The molecule has 0 fully saturated rings. The largest absolute Gasteiger partial charge is 0.376 e. The van der Waals surface area contributed by atoms with Crippen molar-refractivity contribution in [3.8, 4) is 0 Å². The SMILES string of the molecule is Cc1ccccc1NCC(=O)N[C@H](C)c1ccc(F)cc1. The number of carbonyl (C=O) groups is 1. The van der Waals surface area contributed by atoms with Gasteiger partial charge in [0.05, 0.1) is 12.6 Å². The summed E-state index contributed by atoms with van der Waals surface area (Å²) in [6.07, 6.45) is 0. The second kappa shape index (κ2) is 6.88. The van der Waals surface area contributed by atoms with Crippen LogP contribution in [0.5, 0.6) is 0 Å². The van der Waals surface area contributed by atoms with Gasteiger partial charge in [0.2, 0.25) is 5.91 Å². The third kappa shape index (κ3) is 4.31. The standard InChI is InChI=1S/C17H19FN2O/c1-12-5-3-4-6-16(12)19-11-17(21)20-13(2)14-7-9-15(18)10-8-14/h3-10,13,19H,11H2,1-2H3,(H,20,21)/t13-/m1/s1. The summed E-state index contributed by atoms with van der Waals surface area (Å²) in [5.74, 6) is -0.381. The highest BCUT2D eigenvalue weighted by Crippen LogP contribution is 2.14. The molecule has 4 heteroatoms. The van der Waals surface area contributed by atoms with Gasteiger partial charge < -0.3 is 10.6 Å². The number of benzene rings is 2. The summed E-state index contributed by atoms with van der Waals surface area (Å²) < 4.78 is 12.9. The predicted molar refractivity (Wildman–Crippen MR) is 82.6 cm³/mol. The molecule has 2 aromatic carbocycles. The average Bonchev–Trinajstić information content (AvgIpc) is 2.47. The van der Waals surface area contributed by atoms with Crippen LogP contribution in [0.3, 0.4) is 0 Å². The first-order chi connectivity index (χ1) is 10.1. The van der Waals surface area contributed by atoms with Crippen LogP contribution in [0.4, 0.5) is 10.1 Å². The van der Waals surface area contributed by atoms with Crippen LogP contribution in [0.25, 0.3) is 0 Å². The Balaban J connectivity index is 1.87. The van der Waals surface area contributed by atoms with Crippen LogP contribution in [0.1, 0.15) is 24.1 Å². The molecule has 0 spiro atoms. The molecular formula is C17H19FN2O. The van der Waals surface area contributed by atoms with Gasteiger partial charge in [-0.3, -0.25) is 4.79 Å². The van der Waals surface area contributed by atoms with E-state index in [0.29, 0.717) is 0 Å². The third-order valence-electron chi connectivity index (χ3n) is 3.33. The van der Waals surface area contributed by atoms with Gasteiger partial charge in [0.15, 0.2) is 0 Å². The van der Waals surface area contributed by atoms with Gasteiger partial charge >= 0.3 is 0 Å². The van der Waals surface area contributed by atoms with E-state index in [0.717, 1.165) is 16.8 Å². The lowest BCUT2D eigenvalue weighted by Crippen LogP contribution is -2.32. The second-order valence-corrected chi connectivity index (χ2v) is 5.01. The smallest absolute Gasteiger partial charge is 0.239 e. The average molecular weight is 286 g/mol. The van der Waals surface area contributed by atoms with Crippen LogP contribution >= 0.6 is 0 Å². The Morgan fingerprint density at radius 2 is 1.81 bits per heavy atom. The molecule has 110 valence electrons. The summed E-state index contributed by atoms with van der Waals surface area (Å²) in [5.41, 5.74) is 2.92. The Morgan fingerprint density at radius 3 is 2.48 bits per heavy atom. The lowest BCUT2D eigenvalue weighted by Gasteiger charge is -2.15. The number of rotatable bonds is 5. The first-order valence-electron chi connectivity index (χ1n) is 6.90. The Bertz CT molecular complexity index is 610. The van der Waals surface area contributed by atoms with E-state index < -0.39 is 0 Å². The number of aryl methyl sites for hydroxylation is 1. The number of para-hydroxylation sites is 1. The first-order valence-corrected chi connectivity index (χ1v) is 6.90. The Morgan fingerprint density at radius 1 is 1.14 bits per heavy atom. The van der Waals surface area contributed by atoms with E-state index in [4.69, 9.17) is 0 Å². The molecule has 0 bridgehead atoms. The van der Waals surface area contributed by atoms with Gasteiger partial charge in [-0.25, -0.2) is 4.39 Å². The van der Waals surface area contributed by atoms with Crippen LogP contribution < -0.4 is 10.6 Å². The van der Waals surface area contributed by atoms with E-state index in [1.807, 2.05) is 38.1 Å². The summed E-state index contributed by atoms with van der Waals surface area (Å²) in [5, 5.41) is 5.99. The van der Waals surface area contributed by atoms with Gasteiger partial charge in [-0.15, -0.1) is 0 Å². The van der Waals surface area contributed by atoms with Gasteiger partial charge in [-0.1, -0.05) is 30.3 Å². The van der Waals surface area contributed by atoms with Crippen LogP contribution in [0.2, 0.25) is 0 Å². The topological polar surface area (TPSA) is 41.1 Å². The molecule has 2 aromatic rings. The van der Waals surface area contributed by atoms with Crippen molar-refractivity contribution in [3.63, 3.8) is 0 Å². The highest BCUT2D eigenvalue weighted by atomic mass is 19.1. The third-order valence-corrected chi connectivity index (χ3v) is 3.33. The first kappa shape index (κ1) is 15.0. The molecule has 21 heavy (non-hydrogen) atoms. The molecule has 2 rings (SSSR count). The fourth-order valence-corrected chi connectivity index (χ4v) is 2.07. The highest BCUT2D eigenvalue weighted by Gasteiger charge is 2.09. The van der Waals surface area contributed by atoms with Crippen LogP contribution in [0.15, 0.2) is 48.5 Å². The molecular weight excluding hydrogens is 267 g/mol. The summed E-state index contributed by atoms with van der Waals surface area (Å²) in [7, 11) is 0. The van der Waals surface area contributed by atoms with Crippen LogP contribution in [0, 0.1) is 12.7 Å². The van der Waals surface area contributed by atoms with E-state index in [9.17, 15) is 9.18 Å². The number of halogens is 1. The zero-order valence-electron chi connectivity index (χ0n) is 12.2. The monoisotopic (exact) mass is 286 g/mol. The molecule has 0 aliphatic rings. The number of hydrogen-bond acceptors (Lipinski definition) is 2. The number of anilines is 1. The van der Waals surface area contributed by atoms with Crippen molar-refractivity contribution in [1.82, 2.24) is 5.32 Å². The lowest BCUT2D eigenvalue weighted by molar-refractivity contribution is -0.120. The quantitative estimate of drug-likeness (QED) is 0.884. The number of hydrogen-bond donors (Lipinski definition) is 2. The predicted octanol–water partition coefficient (Wildman–Crippen LogP) is 3.42. The van der Waals surface area contributed by atoms with E-state index in [1.165, 1.54) is 12.1 Å². The van der Waals surface area contributed by atoms with Crippen molar-refractivity contribution in [3.05, 3.63) is 65.5 Å². The summed E-state index contributed by atoms with van der Waals surface area (Å²) in [6, 6.07) is 13.8. The molecule has 0 saturated carbocycles. The molecule has 0 aromatic heterocycles. The molecule has 0 aliphatic carbocycles. The van der Waals surface area contributed by atoms with Crippen LogP contribution in [-0.2, 0) is 4.79 Å². The van der Waals surface area contributed by atoms with Crippen molar-refractivity contribution >= 4 is 11.6 Å². The van der Waals surface area contributed by atoms with Crippen molar-refractivity contribution in [2.24, 2.45) is 0 Å². The van der Waals surface area contributed by atoms with Gasteiger partial charge in [0.1, 0.15) is 5.82 Å². The van der Waals surface area contributed by atoms with Crippen molar-refractivity contribution in [2.75, 3.05) is 11.9 Å². The fourth-order valence-electron chi connectivity index (χ4n) is 2.07. The number of carbonyl (C=O) groups excluding carboxylic acids is 1. The maximum absolute atomic E-state index is 12.9. The number of nitrogens with one attached hydrogen (secondary N) is 2. The van der Waals surface area contributed by atoms with Crippen LogP contribution in [-0.4, -0.2) is 12.5 Å².